The van der Waals surface area contributed by atoms with Crippen LogP contribution in [-0.4, -0.2) is 10.9 Å². The number of guanidine groups is 1. The summed E-state index contributed by atoms with van der Waals surface area (Å²) >= 11 is 0. The number of nitriles is 2. The topological polar surface area (TPSA) is 149 Å². The molecule has 0 spiro atoms. The quantitative estimate of drug-likeness (QED) is 0.342. The van der Waals surface area contributed by atoms with Crippen molar-refractivity contribution in [3.8, 4) is 12.3 Å². The highest BCUT2D eigenvalue weighted by Gasteiger charge is 2.32. The van der Waals surface area contributed by atoms with E-state index in [9.17, 15) is 18.4 Å². The number of anilines is 3. The summed E-state index contributed by atoms with van der Waals surface area (Å²) in [4.78, 5) is 8.02. The third-order valence-corrected chi connectivity index (χ3v) is 3.72. The van der Waals surface area contributed by atoms with Crippen molar-refractivity contribution in [2.75, 3.05) is 16.8 Å². The van der Waals surface area contributed by atoms with E-state index in [-0.39, 0.29) is 40.0 Å². The first-order valence-electron chi connectivity index (χ1n) is 7.01. The molecule has 1 aliphatic rings. The average molecular weight is 358 g/mol. The number of nitrogens with two attached hydrogens (primary N) is 2. The van der Waals surface area contributed by atoms with Crippen molar-refractivity contribution in [3.05, 3.63) is 46.3 Å². The van der Waals surface area contributed by atoms with Gasteiger partial charge in [-0.1, -0.05) is 6.07 Å². The van der Waals surface area contributed by atoms with E-state index in [1.165, 1.54) is 0 Å². The van der Waals surface area contributed by atoms with Crippen molar-refractivity contribution in [1.29, 1.82) is 10.5 Å². The van der Waals surface area contributed by atoms with E-state index < -0.39 is 23.5 Å². The summed E-state index contributed by atoms with van der Waals surface area (Å²) in [6.45, 7) is 0. The highest BCUT2D eigenvalue weighted by Crippen LogP contribution is 2.41. The van der Waals surface area contributed by atoms with E-state index in [2.05, 4.69) is 20.6 Å². The number of aromatic nitrogens is 1. The first-order valence-corrected chi connectivity index (χ1v) is 7.01. The molecule has 130 valence electrons. The maximum atomic E-state index is 14.3. The molecule has 0 bridgehead atoms. The SMILES string of the molecule is N#CNC1=NC(c2ccc(F)c(F)c2F)c2c(nc(N)c(C#N)c2N)N1. The Morgan fingerprint density at radius 1 is 1.15 bits per heavy atom. The minimum Gasteiger partial charge on any atom is -0.397 e. The Morgan fingerprint density at radius 2 is 1.88 bits per heavy atom. The molecular formula is C15H9F3N8. The molecule has 0 saturated heterocycles. The van der Waals surface area contributed by atoms with E-state index in [1.807, 2.05) is 0 Å². The van der Waals surface area contributed by atoms with Crippen molar-refractivity contribution in [1.82, 2.24) is 10.3 Å². The molecule has 0 saturated carbocycles. The van der Waals surface area contributed by atoms with Crippen LogP contribution in [0.5, 0.6) is 0 Å². The highest BCUT2D eigenvalue weighted by molar-refractivity contribution is 5.98. The number of nitrogens with one attached hydrogen (secondary N) is 2. The number of hydrogen-bond donors (Lipinski definition) is 4. The van der Waals surface area contributed by atoms with Gasteiger partial charge in [0.05, 0.1) is 5.69 Å². The summed E-state index contributed by atoms with van der Waals surface area (Å²) in [6.07, 6.45) is 1.61. The number of fused-ring (bicyclic) bond motifs is 1. The molecular weight excluding hydrogens is 349 g/mol. The number of aliphatic imine (C=N–C) groups is 1. The number of pyridine rings is 1. The molecule has 0 fully saturated rings. The molecule has 3 rings (SSSR count). The number of hydrogen-bond acceptors (Lipinski definition) is 8. The van der Waals surface area contributed by atoms with Gasteiger partial charge in [-0.05, 0) is 6.07 Å². The molecule has 6 N–H and O–H groups in total. The van der Waals surface area contributed by atoms with Gasteiger partial charge >= 0.3 is 0 Å². The minimum absolute atomic E-state index is 0.000818. The Bertz CT molecular complexity index is 1030. The molecule has 26 heavy (non-hydrogen) atoms. The second-order valence-electron chi connectivity index (χ2n) is 5.17. The number of nitrogens with zero attached hydrogens (tertiary/aromatic N) is 4. The lowest BCUT2D eigenvalue weighted by Crippen LogP contribution is -2.33. The van der Waals surface area contributed by atoms with Gasteiger partial charge in [0.2, 0.25) is 5.96 Å². The van der Waals surface area contributed by atoms with Crippen molar-refractivity contribution in [2.45, 2.75) is 6.04 Å². The Kier molecular flexibility index (Phi) is 3.98. The number of nitrogen functional groups attached to an aromatic ring is 2. The second kappa shape index (κ2) is 6.14. The Hall–Kier alpha value is -3.99. The lowest BCUT2D eigenvalue weighted by atomic mass is 9.94. The van der Waals surface area contributed by atoms with Crippen LogP contribution < -0.4 is 22.1 Å². The number of rotatable bonds is 1. The number of halogens is 3. The molecule has 0 radical (unpaired) electrons. The van der Waals surface area contributed by atoms with Crippen LogP contribution in [0.15, 0.2) is 17.1 Å². The maximum Gasteiger partial charge on any atom is 0.211 e. The molecule has 1 aliphatic heterocycles. The Balaban J connectivity index is 2.31. The van der Waals surface area contributed by atoms with Crippen molar-refractivity contribution >= 4 is 23.3 Å². The third kappa shape index (κ3) is 2.48. The Labute approximate surface area is 144 Å². The van der Waals surface area contributed by atoms with E-state index in [4.69, 9.17) is 16.7 Å². The third-order valence-electron chi connectivity index (χ3n) is 3.72. The van der Waals surface area contributed by atoms with Gasteiger partial charge in [0.25, 0.3) is 0 Å². The summed E-state index contributed by atoms with van der Waals surface area (Å²) < 4.78 is 41.2. The summed E-state index contributed by atoms with van der Waals surface area (Å²) in [5.41, 5.74) is 11.0. The van der Waals surface area contributed by atoms with Gasteiger partial charge in [0.1, 0.15) is 29.3 Å². The fraction of sp³-hybridized carbons (Fsp3) is 0.0667. The first-order chi connectivity index (χ1) is 12.4. The van der Waals surface area contributed by atoms with Crippen LogP contribution in [0, 0.1) is 40.2 Å². The molecule has 2 aromatic rings. The standard InChI is InChI=1S/C15H9F3N8/c16-7-2-1-5(9(17)10(7)18)12-8-11(21)6(3-19)13(22)25-14(8)26-15(24-12)23-4-20/h1-2,12H,(H6,21,22,23,24,25,26). The van der Waals surface area contributed by atoms with Gasteiger partial charge in [-0.25, -0.2) is 23.1 Å². The van der Waals surface area contributed by atoms with E-state index >= 15 is 0 Å². The summed E-state index contributed by atoms with van der Waals surface area (Å²) in [5, 5.41) is 22.8. The van der Waals surface area contributed by atoms with Crippen LogP contribution in [0.3, 0.4) is 0 Å². The zero-order valence-electron chi connectivity index (χ0n) is 12.8. The fourth-order valence-corrected chi connectivity index (χ4v) is 2.56. The Morgan fingerprint density at radius 3 is 2.54 bits per heavy atom. The monoisotopic (exact) mass is 358 g/mol. The molecule has 8 nitrogen and oxygen atoms in total. The van der Waals surface area contributed by atoms with Crippen LogP contribution >= 0.6 is 0 Å². The van der Waals surface area contributed by atoms with Gasteiger partial charge in [-0.15, -0.1) is 0 Å². The van der Waals surface area contributed by atoms with Crippen molar-refractivity contribution in [2.24, 2.45) is 4.99 Å². The van der Waals surface area contributed by atoms with Crippen molar-refractivity contribution in [3.63, 3.8) is 0 Å². The maximum absolute atomic E-state index is 14.3. The molecule has 1 aromatic heterocycles. The fourth-order valence-electron chi connectivity index (χ4n) is 2.56. The van der Waals surface area contributed by atoms with Crippen LogP contribution in [0.1, 0.15) is 22.7 Å². The van der Waals surface area contributed by atoms with E-state index in [0.717, 1.165) is 12.1 Å². The van der Waals surface area contributed by atoms with E-state index in [1.54, 1.807) is 12.3 Å². The minimum atomic E-state index is -1.69. The molecule has 2 heterocycles. The molecule has 1 unspecified atom stereocenters. The predicted molar refractivity (Wildman–Crippen MR) is 85.7 cm³/mol. The van der Waals surface area contributed by atoms with Crippen LogP contribution in [-0.2, 0) is 0 Å². The lowest BCUT2D eigenvalue weighted by molar-refractivity contribution is 0.438. The van der Waals surface area contributed by atoms with Crippen molar-refractivity contribution < 1.29 is 13.2 Å². The van der Waals surface area contributed by atoms with Crippen LogP contribution in [0.2, 0.25) is 0 Å². The second-order valence-corrected chi connectivity index (χ2v) is 5.17. The molecule has 1 atom stereocenters. The largest absolute Gasteiger partial charge is 0.397 e. The smallest absolute Gasteiger partial charge is 0.211 e. The lowest BCUT2D eigenvalue weighted by Gasteiger charge is -2.26. The van der Waals surface area contributed by atoms with Gasteiger partial charge in [0.15, 0.2) is 23.6 Å². The van der Waals surface area contributed by atoms with Gasteiger partial charge in [-0.3, -0.25) is 5.32 Å². The van der Waals surface area contributed by atoms with Crippen LogP contribution in [0.4, 0.5) is 30.5 Å². The zero-order chi connectivity index (χ0) is 19.0. The molecule has 11 heteroatoms. The summed E-state index contributed by atoms with van der Waals surface area (Å²) in [5.74, 6) is -4.86. The first kappa shape index (κ1) is 16.9. The predicted octanol–water partition coefficient (Wildman–Crippen LogP) is 1.48. The van der Waals surface area contributed by atoms with Gasteiger partial charge < -0.3 is 16.8 Å². The molecule has 0 aliphatic carbocycles. The average Bonchev–Trinajstić information content (AvgIpc) is 2.59. The van der Waals surface area contributed by atoms with E-state index in [0.29, 0.717) is 0 Å². The summed E-state index contributed by atoms with van der Waals surface area (Å²) in [6, 6.07) is 2.20. The van der Waals surface area contributed by atoms with Crippen LogP contribution in [0.25, 0.3) is 0 Å². The van der Waals surface area contributed by atoms with Gasteiger partial charge in [-0.2, -0.15) is 10.5 Å². The molecule has 0 amide bonds. The zero-order valence-corrected chi connectivity index (χ0v) is 12.8. The normalized spacial score (nSPS) is 15.1. The van der Waals surface area contributed by atoms with Gasteiger partial charge in [0, 0.05) is 11.1 Å². The summed E-state index contributed by atoms with van der Waals surface area (Å²) in [7, 11) is 0. The molecule has 1 aromatic carbocycles. The highest BCUT2D eigenvalue weighted by atomic mass is 19.2. The number of benzene rings is 1.